The molecule has 168 valence electrons. The van der Waals surface area contributed by atoms with Crippen molar-refractivity contribution in [1.29, 1.82) is 0 Å². The molecule has 1 amide bonds. The van der Waals surface area contributed by atoms with E-state index >= 15 is 0 Å². The Kier molecular flexibility index (Phi) is 6.09. The van der Waals surface area contributed by atoms with Crippen LogP contribution in [0.5, 0.6) is 0 Å². The van der Waals surface area contributed by atoms with Gasteiger partial charge in [0.05, 0.1) is 17.0 Å². The molecular formula is C25H26F3N3O. The quantitative estimate of drug-likeness (QED) is 0.532. The summed E-state index contributed by atoms with van der Waals surface area (Å²) in [6.07, 6.45) is -1.07. The van der Waals surface area contributed by atoms with Crippen molar-refractivity contribution in [3.05, 3.63) is 77.0 Å². The van der Waals surface area contributed by atoms with Gasteiger partial charge in [0.2, 0.25) is 5.91 Å². The Hall–Kier alpha value is -3.09. The van der Waals surface area contributed by atoms with Gasteiger partial charge in [0.1, 0.15) is 0 Å². The van der Waals surface area contributed by atoms with Crippen LogP contribution in [0.2, 0.25) is 0 Å². The topological polar surface area (TPSA) is 60.9 Å². The van der Waals surface area contributed by atoms with E-state index in [1.165, 1.54) is 6.07 Å². The van der Waals surface area contributed by atoms with Gasteiger partial charge in [0.25, 0.3) is 0 Å². The molecule has 4 rings (SSSR count). The number of nitrogens with zero attached hydrogens (tertiary/aromatic N) is 2. The van der Waals surface area contributed by atoms with E-state index in [-0.39, 0.29) is 11.5 Å². The largest absolute Gasteiger partial charge is 0.416 e. The molecule has 1 aliphatic rings. The summed E-state index contributed by atoms with van der Waals surface area (Å²) in [6, 6.07) is 15.6. The minimum absolute atomic E-state index is 0.0164. The van der Waals surface area contributed by atoms with E-state index in [4.69, 9.17) is 5.73 Å². The van der Waals surface area contributed by atoms with E-state index in [1.54, 1.807) is 0 Å². The predicted octanol–water partition coefficient (Wildman–Crippen LogP) is 5.95. The number of amides is 1. The van der Waals surface area contributed by atoms with Crippen LogP contribution in [0.4, 0.5) is 13.2 Å². The number of halogens is 3. The van der Waals surface area contributed by atoms with Crippen LogP contribution in [0, 0.1) is 12.8 Å². The van der Waals surface area contributed by atoms with Crippen LogP contribution in [0.15, 0.2) is 54.6 Å². The molecular weight excluding hydrogens is 415 g/mol. The average Bonchev–Trinajstić information content (AvgIpc) is 3.14. The maximum atomic E-state index is 13.1. The summed E-state index contributed by atoms with van der Waals surface area (Å²) in [6.45, 7) is 2.77. The summed E-state index contributed by atoms with van der Waals surface area (Å²) in [5.41, 5.74) is 8.37. The molecule has 0 bridgehead atoms. The van der Waals surface area contributed by atoms with E-state index in [0.717, 1.165) is 61.3 Å². The van der Waals surface area contributed by atoms with Crippen molar-refractivity contribution >= 4 is 5.91 Å². The third-order valence-corrected chi connectivity index (χ3v) is 6.34. The van der Waals surface area contributed by atoms with Crippen LogP contribution in [0.3, 0.4) is 0 Å². The molecule has 1 aromatic heterocycles. The molecule has 2 aromatic carbocycles. The van der Waals surface area contributed by atoms with E-state index in [1.807, 2.05) is 25.1 Å². The van der Waals surface area contributed by atoms with Crippen molar-refractivity contribution < 1.29 is 18.0 Å². The van der Waals surface area contributed by atoms with Gasteiger partial charge < -0.3 is 5.73 Å². The SMILES string of the molecule is Cc1cc(-c2ccccc2)n(C[C@H]2CC[C@H](c3ccc(C(F)(F)F)cc3C(N)=O)CC2)n1. The molecule has 32 heavy (non-hydrogen) atoms. The van der Waals surface area contributed by atoms with Crippen molar-refractivity contribution in [3.63, 3.8) is 0 Å². The number of aryl methyl sites for hydroxylation is 1. The Morgan fingerprint density at radius 3 is 2.38 bits per heavy atom. The van der Waals surface area contributed by atoms with Crippen molar-refractivity contribution in [3.8, 4) is 11.3 Å². The second-order valence-electron chi connectivity index (χ2n) is 8.60. The van der Waals surface area contributed by atoms with Gasteiger partial charge in [0.15, 0.2) is 0 Å². The lowest BCUT2D eigenvalue weighted by Gasteiger charge is -2.30. The van der Waals surface area contributed by atoms with Crippen LogP contribution in [0.25, 0.3) is 11.3 Å². The molecule has 0 aliphatic heterocycles. The zero-order valence-electron chi connectivity index (χ0n) is 17.9. The van der Waals surface area contributed by atoms with Crippen LogP contribution in [0.1, 0.15) is 58.8 Å². The fourth-order valence-electron chi connectivity index (χ4n) is 4.73. The molecule has 2 N–H and O–H groups in total. The third-order valence-electron chi connectivity index (χ3n) is 6.34. The molecule has 0 unspecified atom stereocenters. The van der Waals surface area contributed by atoms with Crippen LogP contribution >= 0.6 is 0 Å². The number of alkyl halides is 3. The maximum absolute atomic E-state index is 13.1. The monoisotopic (exact) mass is 441 g/mol. The highest BCUT2D eigenvalue weighted by Gasteiger charge is 2.33. The Labute approximate surface area is 185 Å². The molecule has 0 spiro atoms. The standard InChI is InChI=1S/C25H26F3N3O/c1-16-13-23(19-5-3-2-4-6-19)31(30-16)15-17-7-9-18(10-8-17)21-12-11-20(25(26,27)28)14-22(21)24(29)32/h2-6,11-14,17-18H,7-10,15H2,1H3,(H2,29,32)/t17-,18-. The number of hydrogen-bond acceptors (Lipinski definition) is 2. The number of carbonyl (C=O) groups is 1. The Bertz CT molecular complexity index is 1100. The molecule has 1 saturated carbocycles. The zero-order valence-corrected chi connectivity index (χ0v) is 17.9. The van der Waals surface area contributed by atoms with Gasteiger partial charge in [-0.05, 0) is 73.8 Å². The van der Waals surface area contributed by atoms with Gasteiger partial charge in [-0.1, -0.05) is 36.4 Å². The Morgan fingerprint density at radius 2 is 1.75 bits per heavy atom. The van der Waals surface area contributed by atoms with Gasteiger partial charge in [0, 0.05) is 12.1 Å². The normalized spacial score (nSPS) is 19.1. The lowest BCUT2D eigenvalue weighted by molar-refractivity contribution is -0.137. The Morgan fingerprint density at radius 1 is 1.06 bits per heavy atom. The highest BCUT2D eigenvalue weighted by molar-refractivity contribution is 5.94. The van der Waals surface area contributed by atoms with Gasteiger partial charge in [-0.25, -0.2) is 0 Å². The second-order valence-corrected chi connectivity index (χ2v) is 8.60. The smallest absolute Gasteiger partial charge is 0.366 e. The molecule has 3 aromatic rings. The molecule has 0 saturated heterocycles. The molecule has 4 nitrogen and oxygen atoms in total. The molecule has 0 radical (unpaired) electrons. The molecule has 1 heterocycles. The molecule has 1 aliphatic carbocycles. The highest BCUT2D eigenvalue weighted by atomic mass is 19.4. The minimum atomic E-state index is -4.50. The minimum Gasteiger partial charge on any atom is -0.366 e. The van der Waals surface area contributed by atoms with E-state index in [2.05, 4.69) is 28.0 Å². The summed E-state index contributed by atoms with van der Waals surface area (Å²) in [4.78, 5) is 11.9. The summed E-state index contributed by atoms with van der Waals surface area (Å²) in [7, 11) is 0. The van der Waals surface area contributed by atoms with E-state index in [9.17, 15) is 18.0 Å². The van der Waals surface area contributed by atoms with Crippen molar-refractivity contribution in [2.45, 2.75) is 51.2 Å². The number of primary amides is 1. The first-order valence-corrected chi connectivity index (χ1v) is 10.8. The predicted molar refractivity (Wildman–Crippen MR) is 117 cm³/mol. The highest BCUT2D eigenvalue weighted by Crippen LogP contribution is 2.40. The summed E-state index contributed by atoms with van der Waals surface area (Å²) in [5, 5.41) is 4.68. The molecule has 0 atom stereocenters. The first kappa shape index (κ1) is 22.1. The van der Waals surface area contributed by atoms with Gasteiger partial charge >= 0.3 is 6.18 Å². The second kappa shape index (κ2) is 8.81. The average molecular weight is 441 g/mol. The van der Waals surface area contributed by atoms with Gasteiger partial charge in [-0.3, -0.25) is 9.48 Å². The van der Waals surface area contributed by atoms with Gasteiger partial charge in [-0.15, -0.1) is 0 Å². The van der Waals surface area contributed by atoms with Crippen molar-refractivity contribution in [2.75, 3.05) is 0 Å². The van der Waals surface area contributed by atoms with Crippen LogP contribution in [-0.4, -0.2) is 15.7 Å². The van der Waals surface area contributed by atoms with Crippen molar-refractivity contribution in [1.82, 2.24) is 9.78 Å². The number of hydrogen-bond donors (Lipinski definition) is 1. The lowest BCUT2D eigenvalue weighted by atomic mass is 9.77. The molecule has 1 fully saturated rings. The third kappa shape index (κ3) is 4.71. The first-order chi connectivity index (χ1) is 15.2. The fourth-order valence-corrected chi connectivity index (χ4v) is 4.73. The summed E-state index contributed by atoms with van der Waals surface area (Å²) >= 11 is 0. The van der Waals surface area contributed by atoms with Crippen molar-refractivity contribution in [2.24, 2.45) is 11.7 Å². The van der Waals surface area contributed by atoms with E-state index in [0.29, 0.717) is 11.5 Å². The number of carbonyl (C=O) groups excluding carboxylic acids is 1. The lowest BCUT2D eigenvalue weighted by Crippen LogP contribution is -2.22. The maximum Gasteiger partial charge on any atom is 0.416 e. The zero-order chi connectivity index (χ0) is 22.9. The van der Waals surface area contributed by atoms with E-state index < -0.39 is 17.6 Å². The number of benzene rings is 2. The number of nitrogens with two attached hydrogens (primary N) is 1. The number of rotatable bonds is 5. The van der Waals surface area contributed by atoms with Crippen LogP contribution in [-0.2, 0) is 12.7 Å². The molecule has 7 heteroatoms. The number of aromatic nitrogens is 2. The first-order valence-electron chi connectivity index (χ1n) is 10.8. The Balaban J connectivity index is 1.47. The van der Waals surface area contributed by atoms with Gasteiger partial charge in [-0.2, -0.15) is 18.3 Å². The summed E-state index contributed by atoms with van der Waals surface area (Å²) in [5.74, 6) is -0.365. The summed E-state index contributed by atoms with van der Waals surface area (Å²) < 4.78 is 41.2. The fraction of sp³-hybridized carbons (Fsp3) is 0.360. The van der Waals surface area contributed by atoms with Crippen LogP contribution < -0.4 is 5.73 Å².